The average molecular weight is 375 g/mol. The van der Waals surface area contributed by atoms with Crippen molar-refractivity contribution in [2.45, 2.75) is 51.0 Å². The van der Waals surface area contributed by atoms with Crippen molar-refractivity contribution in [1.29, 1.82) is 0 Å². The van der Waals surface area contributed by atoms with Gasteiger partial charge in [-0.15, -0.1) is 0 Å². The lowest BCUT2D eigenvalue weighted by Crippen LogP contribution is -2.16. The van der Waals surface area contributed by atoms with E-state index in [4.69, 9.17) is 5.11 Å². The van der Waals surface area contributed by atoms with Gasteiger partial charge in [-0.25, -0.2) is 0 Å². The molecule has 1 unspecified atom stereocenters. The van der Waals surface area contributed by atoms with Crippen molar-refractivity contribution in [3.8, 4) is 0 Å². The highest BCUT2D eigenvalue weighted by Crippen LogP contribution is 2.33. The zero-order valence-corrected chi connectivity index (χ0v) is 14.9. The maximum Gasteiger partial charge on any atom is 0.0751 e. The molecule has 0 saturated carbocycles. The number of fused-ring (bicyclic) bond motifs is 1. The topological polar surface area (TPSA) is 38.0 Å². The van der Waals surface area contributed by atoms with E-state index in [2.05, 4.69) is 56.2 Å². The van der Waals surface area contributed by atoms with Gasteiger partial charge in [0, 0.05) is 16.7 Å². The highest BCUT2D eigenvalue weighted by molar-refractivity contribution is 9.10. The fourth-order valence-corrected chi connectivity index (χ4v) is 3.63. The minimum Gasteiger partial charge on any atom is -0.516 e. The van der Waals surface area contributed by atoms with Gasteiger partial charge < -0.3 is 5.11 Å². The molecule has 1 heterocycles. The zero-order chi connectivity index (χ0) is 16.1. The van der Waals surface area contributed by atoms with Gasteiger partial charge in [0.1, 0.15) is 0 Å². The number of hydrogen-bond acceptors (Lipinski definition) is 2. The molecule has 1 atom stereocenters. The number of hydrogen-bond donors (Lipinski definition) is 1. The number of aromatic nitrogens is 2. The lowest BCUT2D eigenvalue weighted by molar-refractivity contribution is 0.467. The lowest BCUT2D eigenvalue weighted by atomic mass is 9.83. The van der Waals surface area contributed by atoms with E-state index in [9.17, 15) is 0 Å². The van der Waals surface area contributed by atoms with Crippen LogP contribution < -0.4 is 0 Å². The molecule has 1 aromatic heterocycles. The molecule has 0 amide bonds. The van der Waals surface area contributed by atoms with Crippen LogP contribution in [0.1, 0.15) is 48.4 Å². The van der Waals surface area contributed by atoms with Crippen molar-refractivity contribution in [2.24, 2.45) is 0 Å². The summed E-state index contributed by atoms with van der Waals surface area (Å²) in [6.45, 7) is 0.974. The van der Waals surface area contributed by atoms with Crippen LogP contribution in [-0.4, -0.2) is 14.9 Å². The van der Waals surface area contributed by atoms with E-state index in [-0.39, 0.29) is 0 Å². The third kappa shape index (κ3) is 4.05. The third-order valence-corrected chi connectivity index (χ3v) is 5.20. The van der Waals surface area contributed by atoms with Crippen LogP contribution in [0.2, 0.25) is 0 Å². The Morgan fingerprint density at radius 3 is 2.87 bits per heavy atom. The van der Waals surface area contributed by atoms with E-state index in [1.54, 1.807) is 0 Å². The molecular formula is C19H23BrN2O. The molecule has 3 nitrogen and oxygen atoms in total. The van der Waals surface area contributed by atoms with Crippen molar-refractivity contribution in [1.82, 2.24) is 9.78 Å². The van der Waals surface area contributed by atoms with E-state index in [1.807, 2.05) is 6.08 Å². The molecule has 1 aliphatic carbocycles. The van der Waals surface area contributed by atoms with Crippen LogP contribution in [0.4, 0.5) is 0 Å². The molecule has 0 aliphatic heterocycles. The molecule has 0 radical (unpaired) electrons. The summed E-state index contributed by atoms with van der Waals surface area (Å²) in [5, 5.41) is 13.3. The van der Waals surface area contributed by atoms with Crippen LogP contribution in [-0.2, 0) is 19.4 Å². The van der Waals surface area contributed by atoms with Gasteiger partial charge in [-0.05, 0) is 67.7 Å². The molecule has 0 bridgehead atoms. The molecule has 0 saturated heterocycles. The maximum absolute atomic E-state index is 8.66. The number of halogens is 1. The summed E-state index contributed by atoms with van der Waals surface area (Å²) >= 11 is 3.51. The Bertz CT molecular complexity index is 661. The molecule has 1 N–H and O–H groups in total. The number of nitrogens with zero attached hydrogens (tertiary/aromatic N) is 2. The number of unbranched alkanes of at least 4 members (excludes halogenated alkanes) is 2. The van der Waals surface area contributed by atoms with Gasteiger partial charge in [0.15, 0.2) is 0 Å². The Balaban J connectivity index is 1.65. The number of rotatable bonds is 6. The van der Waals surface area contributed by atoms with Crippen molar-refractivity contribution < 1.29 is 5.11 Å². The second kappa shape index (κ2) is 7.82. The summed E-state index contributed by atoms with van der Waals surface area (Å²) in [6.07, 6.45) is 11.5. The summed E-state index contributed by atoms with van der Waals surface area (Å²) in [7, 11) is 0. The molecule has 23 heavy (non-hydrogen) atoms. The predicted octanol–water partition coefficient (Wildman–Crippen LogP) is 5.16. The highest BCUT2D eigenvalue weighted by atomic mass is 79.9. The molecule has 4 heteroatoms. The largest absolute Gasteiger partial charge is 0.516 e. The van der Waals surface area contributed by atoms with Crippen LogP contribution in [0.25, 0.3) is 0 Å². The fourth-order valence-electron chi connectivity index (χ4n) is 3.37. The van der Waals surface area contributed by atoms with Crippen LogP contribution in [0.15, 0.2) is 47.3 Å². The smallest absolute Gasteiger partial charge is 0.0751 e. The number of aliphatic hydroxyl groups excluding tert-OH is 1. The van der Waals surface area contributed by atoms with Crippen molar-refractivity contribution in [2.75, 3.05) is 0 Å². The normalized spacial score (nSPS) is 17.5. The SMILES string of the molecule is O/C=C/CCCCn1ncc2c1CC(c1ccc(Br)cc1)CC2. The first kappa shape index (κ1) is 16.3. The number of benzene rings is 1. The van der Waals surface area contributed by atoms with E-state index in [0.717, 1.165) is 49.4 Å². The van der Waals surface area contributed by atoms with Crippen LogP contribution in [0.5, 0.6) is 0 Å². The number of aryl methyl sites for hydroxylation is 2. The van der Waals surface area contributed by atoms with Gasteiger partial charge in [-0.2, -0.15) is 5.10 Å². The van der Waals surface area contributed by atoms with Crippen molar-refractivity contribution >= 4 is 15.9 Å². The Hall–Kier alpha value is -1.55. The molecule has 1 aromatic carbocycles. The molecular weight excluding hydrogens is 352 g/mol. The lowest BCUT2D eigenvalue weighted by Gasteiger charge is -2.24. The summed E-state index contributed by atoms with van der Waals surface area (Å²) in [6, 6.07) is 8.75. The molecule has 3 rings (SSSR count). The van der Waals surface area contributed by atoms with Gasteiger partial charge >= 0.3 is 0 Å². The van der Waals surface area contributed by atoms with Crippen LogP contribution >= 0.6 is 15.9 Å². The minimum atomic E-state index is 0.600. The molecule has 1 aliphatic rings. The Morgan fingerprint density at radius 2 is 2.09 bits per heavy atom. The van der Waals surface area contributed by atoms with E-state index >= 15 is 0 Å². The first-order chi connectivity index (χ1) is 11.3. The Morgan fingerprint density at radius 1 is 1.26 bits per heavy atom. The van der Waals surface area contributed by atoms with Crippen molar-refractivity contribution in [3.63, 3.8) is 0 Å². The predicted molar refractivity (Wildman–Crippen MR) is 96.8 cm³/mol. The Kier molecular flexibility index (Phi) is 5.55. The van der Waals surface area contributed by atoms with Crippen LogP contribution in [0, 0.1) is 0 Å². The van der Waals surface area contributed by atoms with E-state index < -0.39 is 0 Å². The second-order valence-corrected chi connectivity index (χ2v) is 7.13. The number of allylic oxidation sites excluding steroid dienone is 1. The summed E-state index contributed by atoms with van der Waals surface area (Å²) in [5.74, 6) is 0.600. The third-order valence-electron chi connectivity index (χ3n) is 4.67. The second-order valence-electron chi connectivity index (χ2n) is 6.21. The summed E-state index contributed by atoms with van der Waals surface area (Å²) in [4.78, 5) is 0. The van der Waals surface area contributed by atoms with Gasteiger partial charge in [-0.1, -0.05) is 34.1 Å². The van der Waals surface area contributed by atoms with E-state index in [1.165, 1.54) is 23.2 Å². The van der Waals surface area contributed by atoms with E-state index in [0.29, 0.717) is 5.92 Å². The van der Waals surface area contributed by atoms with Crippen molar-refractivity contribution in [3.05, 3.63) is 64.1 Å². The maximum atomic E-state index is 8.66. The van der Waals surface area contributed by atoms with Gasteiger partial charge in [0.2, 0.25) is 0 Å². The average Bonchev–Trinajstić information content (AvgIpc) is 2.98. The minimum absolute atomic E-state index is 0.600. The first-order valence-corrected chi connectivity index (χ1v) is 9.15. The zero-order valence-electron chi connectivity index (χ0n) is 13.3. The van der Waals surface area contributed by atoms with Gasteiger partial charge in [-0.3, -0.25) is 4.68 Å². The highest BCUT2D eigenvalue weighted by Gasteiger charge is 2.23. The molecule has 0 fully saturated rings. The fraction of sp³-hybridized carbons (Fsp3) is 0.421. The standard InChI is InChI=1S/C19H23BrN2O/c20-18-9-7-15(8-10-18)16-5-6-17-14-21-22(19(17)13-16)11-3-1-2-4-12-23/h4,7-10,12,14,16,23H,1-3,5-6,11,13H2/b12-4+. The quantitative estimate of drug-likeness (QED) is 0.559. The first-order valence-electron chi connectivity index (χ1n) is 8.36. The number of aliphatic hydroxyl groups is 1. The van der Waals surface area contributed by atoms with Crippen LogP contribution in [0.3, 0.4) is 0 Å². The molecule has 0 spiro atoms. The monoisotopic (exact) mass is 374 g/mol. The van der Waals surface area contributed by atoms with Gasteiger partial charge in [0.05, 0.1) is 12.5 Å². The Labute approximate surface area is 146 Å². The molecule has 2 aromatic rings. The summed E-state index contributed by atoms with van der Waals surface area (Å²) in [5.41, 5.74) is 4.27. The summed E-state index contributed by atoms with van der Waals surface area (Å²) < 4.78 is 3.34. The van der Waals surface area contributed by atoms with Gasteiger partial charge in [0.25, 0.3) is 0 Å². The molecule has 122 valence electrons.